The summed E-state index contributed by atoms with van der Waals surface area (Å²) in [5.74, 6) is -0.132. The van der Waals surface area contributed by atoms with Gasteiger partial charge in [-0.3, -0.25) is 9.36 Å². The molecule has 88 valence electrons. The molecule has 5 heteroatoms. The highest BCUT2D eigenvalue weighted by molar-refractivity contribution is 5.92. The maximum Gasteiger partial charge on any atom is 0.404 e. The van der Waals surface area contributed by atoms with Gasteiger partial charge < -0.3 is 10.5 Å². The summed E-state index contributed by atoms with van der Waals surface area (Å²) >= 11 is 0. The number of benzene rings is 1. The molecule has 0 radical (unpaired) electrons. The first kappa shape index (κ1) is 11.2. The number of nitrogens with zero attached hydrogens (tertiary/aromatic N) is 1. The van der Waals surface area contributed by atoms with Gasteiger partial charge in [0.1, 0.15) is 6.61 Å². The molecule has 5 nitrogen and oxygen atoms in total. The van der Waals surface area contributed by atoms with Crippen molar-refractivity contribution in [2.75, 3.05) is 6.61 Å². The summed E-state index contributed by atoms with van der Waals surface area (Å²) in [7, 11) is 0. The Morgan fingerprint density at radius 2 is 2.00 bits per heavy atom. The van der Waals surface area contributed by atoms with Gasteiger partial charge in [-0.15, -0.1) is 0 Å². The first-order chi connectivity index (χ1) is 8.18. The Bertz CT molecular complexity index is 560. The third-order valence-electron chi connectivity index (χ3n) is 2.43. The number of amides is 1. The topological polar surface area (TPSA) is 74.3 Å². The van der Waals surface area contributed by atoms with E-state index in [-0.39, 0.29) is 18.9 Å². The van der Waals surface area contributed by atoms with Gasteiger partial charge in [-0.25, -0.2) is 4.79 Å². The van der Waals surface area contributed by atoms with Gasteiger partial charge in [0, 0.05) is 11.6 Å². The Balaban J connectivity index is 2.11. The Hall–Kier alpha value is -2.30. The molecule has 1 aromatic carbocycles. The number of hydrogen-bond donors (Lipinski definition) is 1. The van der Waals surface area contributed by atoms with E-state index in [1.165, 1.54) is 0 Å². The Morgan fingerprint density at radius 3 is 2.76 bits per heavy atom. The van der Waals surface area contributed by atoms with E-state index in [0.717, 1.165) is 10.9 Å². The molecule has 0 spiro atoms. The van der Waals surface area contributed by atoms with Crippen LogP contribution in [0.2, 0.25) is 0 Å². The number of carbonyl (C=O) groups is 2. The Kier molecular flexibility index (Phi) is 3.09. The van der Waals surface area contributed by atoms with Crippen LogP contribution in [0.1, 0.15) is 11.2 Å². The van der Waals surface area contributed by atoms with Crippen molar-refractivity contribution in [2.24, 2.45) is 5.73 Å². The minimum atomic E-state index is -0.866. The smallest absolute Gasteiger partial charge is 0.404 e. The Labute approximate surface area is 97.8 Å². The first-order valence-corrected chi connectivity index (χ1v) is 5.20. The fourth-order valence-corrected chi connectivity index (χ4v) is 1.66. The van der Waals surface area contributed by atoms with Gasteiger partial charge in [0.25, 0.3) is 0 Å². The maximum absolute atomic E-state index is 11.8. The highest BCUT2D eigenvalue weighted by Gasteiger charge is 2.08. The molecular weight excluding hydrogens is 220 g/mol. The van der Waals surface area contributed by atoms with Gasteiger partial charge >= 0.3 is 6.09 Å². The normalized spacial score (nSPS) is 10.4. The molecular formula is C12H12N2O3. The monoisotopic (exact) mass is 232 g/mol. The second-order valence-electron chi connectivity index (χ2n) is 3.56. The van der Waals surface area contributed by atoms with Gasteiger partial charge in [0.2, 0.25) is 5.91 Å². The van der Waals surface area contributed by atoms with Crippen molar-refractivity contribution >= 4 is 22.9 Å². The SMILES string of the molecule is NC(=O)OCCC(=O)n1ccc2ccccc21. The number of ether oxygens (including phenoxy) is 1. The molecule has 0 saturated carbocycles. The van der Waals surface area contributed by atoms with Crippen LogP contribution in [0.3, 0.4) is 0 Å². The van der Waals surface area contributed by atoms with E-state index < -0.39 is 6.09 Å². The summed E-state index contributed by atoms with van der Waals surface area (Å²) in [6, 6.07) is 9.43. The van der Waals surface area contributed by atoms with E-state index >= 15 is 0 Å². The van der Waals surface area contributed by atoms with Crippen LogP contribution in [0, 0.1) is 0 Å². The van der Waals surface area contributed by atoms with Crippen molar-refractivity contribution in [1.82, 2.24) is 4.57 Å². The van der Waals surface area contributed by atoms with Gasteiger partial charge in [-0.1, -0.05) is 18.2 Å². The number of carbonyl (C=O) groups excluding carboxylic acids is 2. The fourth-order valence-electron chi connectivity index (χ4n) is 1.66. The molecule has 2 rings (SSSR count). The lowest BCUT2D eigenvalue weighted by molar-refractivity contribution is 0.0865. The molecule has 2 aromatic rings. The molecule has 0 atom stereocenters. The molecule has 0 saturated heterocycles. The number of nitrogens with two attached hydrogens (primary N) is 1. The fraction of sp³-hybridized carbons (Fsp3) is 0.167. The van der Waals surface area contributed by atoms with Crippen molar-refractivity contribution in [3.05, 3.63) is 36.5 Å². The number of aromatic nitrogens is 1. The summed E-state index contributed by atoms with van der Waals surface area (Å²) < 4.78 is 6.07. The van der Waals surface area contributed by atoms with E-state index in [9.17, 15) is 9.59 Å². The molecule has 0 aliphatic heterocycles. The average molecular weight is 232 g/mol. The Morgan fingerprint density at radius 1 is 1.24 bits per heavy atom. The van der Waals surface area contributed by atoms with Crippen molar-refractivity contribution in [3.63, 3.8) is 0 Å². The van der Waals surface area contributed by atoms with Gasteiger partial charge in [-0.2, -0.15) is 0 Å². The summed E-state index contributed by atoms with van der Waals surface area (Å²) in [5.41, 5.74) is 5.65. The molecule has 1 heterocycles. The van der Waals surface area contributed by atoms with Crippen LogP contribution >= 0.6 is 0 Å². The van der Waals surface area contributed by atoms with Crippen molar-refractivity contribution in [2.45, 2.75) is 6.42 Å². The number of rotatable bonds is 3. The molecule has 0 aliphatic carbocycles. The van der Waals surface area contributed by atoms with Crippen LogP contribution in [-0.2, 0) is 4.74 Å². The zero-order valence-electron chi connectivity index (χ0n) is 9.13. The molecule has 0 unspecified atom stereocenters. The zero-order chi connectivity index (χ0) is 12.3. The molecule has 0 bridgehead atoms. The zero-order valence-corrected chi connectivity index (χ0v) is 9.13. The molecule has 0 fully saturated rings. The quantitative estimate of drug-likeness (QED) is 0.876. The van der Waals surface area contributed by atoms with E-state index in [1.807, 2.05) is 30.3 Å². The minimum absolute atomic E-state index is 0.000668. The first-order valence-electron chi connectivity index (χ1n) is 5.20. The molecule has 1 amide bonds. The summed E-state index contributed by atoms with van der Waals surface area (Å²) in [4.78, 5) is 22.2. The van der Waals surface area contributed by atoms with Gasteiger partial charge in [0.15, 0.2) is 0 Å². The summed E-state index contributed by atoms with van der Waals surface area (Å²) in [5, 5.41) is 0.997. The number of para-hydroxylation sites is 1. The third-order valence-corrected chi connectivity index (χ3v) is 2.43. The van der Waals surface area contributed by atoms with E-state index in [4.69, 9.17) is 5.73 Å². The van der Waals surface area contributed by atoms with Crippen LogP contribution in [0.15, 0.2) is 36.5 Å². The highest BCUT2D eigenvalue weighted by Crippen LogP contribution is 2.15. The maximum atomic E-state index is 11.8. The standard InChI is InChI=1S/C12H12N2O3/c13-12(16)17-8-6-11(15)14-7-5-9-3-1-2-4-10(9)14/h1-5,7H,6,8H2,(H2,13,16). The van der Waals surface area contributed by atoms with E-state index in [2.05, 4.69) is 4.74 Å². The van der Waals surface area contributed by atoms with Crippen LogP contribution < -0.4 is 5.73 Å². The van der Waals surface area contributed by atoms with Crippen LogP contribution in [-0.4, -0.2) is 23.2 Å². The lowest BCUT2D eigenvalue weighted by Crippen LogP contribution is -2.17. The summed E-state index contributed by atoms with van der Waals surface area (Å²) in [6.07, 6.45) is 0.953. The number of fused-ring (bicyclic) bond motifs is 1. The van der Waals surface area contributed by atoms with Crippen LogP contribution in [0.5, 0.6) is 0 Å². The molecule has 0 aliphatic rings. The second-order valence-corrected chi connectivity index (χ2v) is 3.56. The summed E-state index contributed by atoms with van der Waals surface area (Å²) in [6.45, 7) is 0.000668. The number of hydrogen-bond acceptors (Lipinski definition) is 3. The number of primary amides is 1. The van der Waals surface area contributed by atoms with Crippen molar-refractivity contribution < 1.29 is 14.3 Å². The highest BCUT2D eigenvalue weighted by atomic mass is 16.5. The van der Waals surface area contributed by atoms with Crippen LogP contribution in [0.4, 0.5) is 4.79 Å². The van der Waals surface area contributed by atoms with Gasteiger partial charge in [-0.05, 0) is 12.1 Å². The van der Waals surface area contributed by atoms with E-state index in [0.29, 0.717) is 0 Å². The lowest BCUT2D eigenvalue weighted by atomic mass is 10.2. The minimum Gasteiger partial charge on any atom is -0.449 e. The largest absolute Gasteiger partial charge is 0.449 e. The molecule has 1 aromatic heterocycles. The van der Waals surface area contributed by atoms with Crippen molar-refractivity contribution in [3.8, 4) is 0 Å². The molecule has 2 N–H and O–H groups in total. The van der Waals surface area contributed by atoms with Crippen LogP contribution in [0.25, 0.3) is 10.9 Å². The predicted octanol–water partition coefficient (Wildman–Crippen LogP) is 1.77. The van der Waals surface area contributed by atoms with Crippen molar-refractivity contribution in [1.29, 1.82) is 0 Å². The lowest BCUT2D eigenvalue weighted by Gasteiger charge is -2.04. The third kappa shape index (κ3) is 2.44. The predicted molar refractivity (Wildman–Crippen MR) is 62.7 cm³/mol. The van der Waals surface area contributed by atoms with E-state index in [1.54, 1.807) is 10.8 Å². The van der Waals surface area contributed by atoms with Gasteiger partial charge in [0.05, 0.1) is 11.9 Å². The average Bonchev–Trinajstić information content (AvgIpc) is 2.72. The molecule has 17 heavy (non-hydrogen) atoms. The second kappa shape index (κ2) is 4.69.